The van der Waals surface area contributed by atoms with Gasteiger partial charge in [-0.2, -0.15) is 4.99 Å². The number of amides is 1. The number of rotatable bonds is 4. The number of aromatic nitrogens is 1. The molecule has 2 aromatic carbocycles. The van der Waals surface area contributed by atoms with Crippen molar-refractivity contribution in [2.75, 3.05) is 13.7 Å². The van der Waals surface area contributed by atoms with E-state index in [-0.39, 0.29) is 5.56 Å². The van der Waals surface area contributed by atoms with Crippen molar-refractivity contribution in [2.45, 2.75) is 20.4 Å². The first-order valence-corrected chi connectivity index (χ1v) is 8.76. The first-order valence-electron chi connectivity index (χ1n) is 7.94. The average molecular weight is 358 g/mol. The molecule has 130 valence electrons. The number of hydrogen-bond acceptors (Lipinski definition) is 3. The van der Waals surface area contributed by atoms with Crippen LogP contribution in [0.25, 0.3) is 10.2 Å². The summed E-state index contributed by atoms with van der Waals surface area (Å²) in [6.07, 6.45) is 0. The summed E-state index contributed by atoms with van der Waals surface area (Å²) >= 11 is 1.42. The molecule has 0 aliphatic carbocycles. The Labute approximate surface area is 149 Å². The van der Waals surface area contributed by atoms with Gasteiger partial charge in [0.05, 0.1) is 22.4 Å². The van der Waals surface area contributed by atoms with Gasteiger partial charge in [0.1, 0.15) is 5.82 Å². The molecule has 6 heteroatoms. The predicted molar refractivity (Wildman–Crippen MR) is 97.5 cm³/mol. The van der Waals surface area contributed by atoms with Gasteiger partial charge in [-0.25, -0.2) is 4.39 Å². The van der Waals surface area contributed by atoms with Gasteiger partial charge in [-0.3, -0.25) is 4.79 Å². The molecule has 0 saturated carbocycles. The summed E-state index contributed by atoms with van der Waals surface area (Å²) in [5, 5.41) is 0. The molecule has 1 aromatic heterocycles. The average Bonchev–Trinajstić information content (AvgIpc) is 2.90. The maximum absolute atomic E-state index is 13.9. The predicted octanol–water partition coefficient (Wildman–Crippen LogP) is 3.85. The van der Waals surface area contributed by atoms with E-state index in [1.54, 1.807) is 19.2 Å². The van der Waals surface area contributed by atoms with Gasteiger partial charge < -0.3 is 9.30 Å². The van der Waals surface area contributed by atoms with Crippen LogP contribution in [-0.2, 0) is 11.3 Å². The fraction of sp³-hybridized carbons (Fsp3) is 0.263. The zero-order chi connectivity index (χ0) is 18.0. The quantitative estimate of drug-likeness (QED) is 0.711. The monoisotopic (exact) mass is 358 g/mol. The Kier molecular flexibility index (Phi) is 5.11. The number of methoxy groups -OCH3 is 1. The number of carbonyl (C=O) groups is 1. The zero-order valence-electron chi connectivity index (χ0n) is 14.4. The first kappa shape index (κ1) is 17.5. The Morgan fingerprint density at radius 1 is 1.24 bits per heavy atom. The molecule has 25 heavy (non-hydrogen) atoms. The SMILES string of the molecule is COCCn1c(=NC(=O)c2ccccc2F)sc2cc(C)c(C)cc21. The molecule has 0 fully saturated rings. The summed E-state index contributed by atoms with van der Waals surface area (Å²) in [5.41, 5.74) is 3.33. The van der Waals surface area contributed by atoms with Gasteiger partial charge >= 0.3 is 0 Å². The van der Waals surface area contributed by atoms with Crippen LogP contribution in [0.2, 0.25) is 0 Å². The summed E-state index contributed by atoms with van der Waals surface area (Å²) in [6, 6.07) is 10.1. The lowest BCUT2D eigenvalue weighted by atomic mass is 10.1. The van der Waals surface area contributed by atoms with Crippen LogP contribution in [0.4, 0.5) is 4.39 Å². The Balaban J connectivity index is 2.17. The van der Waals surface area contributed by atoms with E-state index < -0.39 is 11.7 Å². The second kappa shape index (κ2) is 7.29. The highest BCUT2D eigenvalue weighted by Crippen LogP contribution is 2.22. The van der Waals surface area contributed by atoms with Crippen molar-refractivity contribution in [1.29, 1.82) is 0 Å². The van der Waals surface area contributed by atoms with E-state index in [0.717, 1.165) is 10.2 Å². The lowest BCUT2D eigenvalue weighted by molar-refractivity contribution is 0.0993. The molecule has 3 aromatic rings. The third-order valence-electron chi connectivity index (χ3n) is 4.12. The van der Waals surface area contributed by atoms with Crippen molar-refractivity contribution in [3.8, 4) is 0 Å². The number of fused-ring (bicyclic) bond motifs is 1. The topological polar surface area (TPSA) is 43.6 Å². The number of hydrogen-bond donors (Lipinski definition) is 0. The van der Waals surface area contributed by atoms with Crippen LogP contribution in [0.5, 0.6) is 0 Å². The molecule has 0 atom stereocenters. The van der Waals surface area contributed by atoms with Crippen LogP contribution in [0.1, 0.15) is 21.5 Å². The number of nitrogens with zero attached hydrogens (tertiary/aromatic N) is 2. The van der Waals surface area contributed by atoms with Gasteiger partial charge in [0.2, 0.25) is 0 Å². The van der Waals surface area contributed by atoms with E-state index in [0.29, 0.717) is 18.0 Å². The lowest BCUT2D eigenvalue weighted by Gasteiger charge is -2.06. The van der Waals surface area contributed by atoms with Crippen molar-refractivity contribution in [3.05, 3.63) is 63.7 Å². The number of carbonyl (C=O) groups excluding carboxylic acids is 1. The van der Waals surface area contributed by atoms with Gasteiger partial charge in [-0.05, 0) is 49.2 Å². The van der Waals surface area contributed by atoms with Crippen LogP contribution < -0.4 is 4.80 Å². The number of benzene rings is 2. The largest absolute Gasteiger partial charge is 0.383 e. The molecule has 0 aliphatic heterocycles. The summed E-state index contributed by atoms with van der Waals surface area (Å²) in [7, 11) is 1.63. The second-order valence-electron chi connectivity index (χ2n) is 5.83. The Morgan fingerprint density at radius 2 is 1.96 bits per heavy atom. The molecule has 1 amide bonds. The lowest BCUT2D eigenvalue weighted by Crippen LogP contribution is -2.19. The third kappa shape index (κ3) is 3.55. The van der Waals surface area contributed by atoms with Gasteiger partial charge in [0.15, 0.2) is 4.80 Å². The Bertz CT molecular complexity index is 1000. The highest BCUT2D eigenvalue weighted by molar-refractivity contribution is 7.16. The van der Waals surface area contributed by atoms with E-state index in [9.17, 15) is 9.18 Å². The fourth-order valence-electron chi connectivity index (χ4n) is 2.59. The van der Waals surface area contributed by atoms with Crippen molar-refractivity contribution >= 4 is 27.5 Å². The zero-order valence-corrected chi connectivity index (χ0v) is 15.2. The smallest absolute Gasteiger partial charge is 0.282 e. The van der Waals surface area contributed by atoms with E-state index in [1.807, 2.05) is 4.57 Å². The minimum Gasteiger partial charge on any atom is -0.383 e. The molecule has 0 bridgehead atoms. The van der Waals surface area contributed by atoms with Crippen LogP contribution in [0.15, 0.2) is 41.4 Å². The van der Waals surface area contributed by atoms with Crippen molar-refractivity contribution in [1.82, 2.24) is 4.57 Å². The fourth-order valence-corrected chi connectivity index (χ4v) is 3.72. The number of aryl methyl sites for hydroxylation is 2. The van der Waals surface area contributed by atoms with Gasteiger partial charge in [0, 0.05) is 13.7 Å². The Hall–Kier alpha value is -2.31. The molecule has 0 radical (unpaired) electrons. The minimum absolute atomic E-state index is 0.0226. The molecular weight excluding hydrogens is 339 g/mol. The maximum Gasteiger partial charge on any atom is 0.282 e. The molecule has 0 aliphatic rings. The highest BCUT2D eigenvalue weighted by Gasteiger charge is 2.13. The van der Waals surface area contributed by atoms with E-state index >= 15 is 0 Å². The number of ether oxygens (including phenoxy) is 1. The van der Waals surface area contributed by atoms with Crippen molar-refractivity contribution in [3.63, 3.8) is 0 Å². The summed E-state index contributed by atoms with van der Waals surface area (Å²) in [6.45, 7) is 5.17. The summed E-state index contributed by atoms with van der Waals surface area (Å²) in [4.78, 5) is 17.2. The first-order chi connectivity index (χ1) is 12.0. The van der Waals surface area contributed by atoms with Crippen LogP contribution in [0.3, 0.4) is 0 Å². The van der Waals surface area contributed by atoms with Crippen molar-refractivity contribution in [2.24, 2.45) is 4.99 Å². The molecule has 0 N–H and O–H groups in total. The van der Waals surface area contributed by atoms with Gasteiger partial charge in [-0.1, -0.05) is 23.5 Å². The molecule has 1 heterocycles. The maximum atomic E-state index is 13.9. The van der Waals surface area contributed by atoms with E-state index in [4.69, 9.17) is 4.74 Å². The molecular formula is C19H19FN2O2S. The molecule has 3 rings (SSSR count). The van der Waals surface area contributed by atoms with Crippen LogP contribution in [-0.4, -0.2) is 24.2 Å². The number of thiazole rings is 1. The van der Waals surface area contributed by atoms with E-state index in [1.165, 1.54) is 34.6 Å². The second-order valence-corrected chi connectivity index (χ2v) is 6.84. The Morgan fingerprint density at radius 3 is 2.68 bits per heavy atom. The highest BCUT2D eigenvalue weighted by atomic mass is 32.1. The standard InChI is InChI=1S/C19H19FN2O2S/c1-12-10-16-17(11-13(12)2)25-19(22(16)8-9-24-3)21-18(23)14-6-4-5-7-15(14)20/h4-7,10-11H,8-9H2,1-3H3. The van der Waals surface area contributed by atoms with Crippen LogP contribution >= 0.6 is 11.3 Å². The van der Waals surface area contributed by atoms with Crippen LogP contribution in [0, 0.1) is 19.7 Å². The molecule has 0 spiro atoms. The van der Waals surface area contributed by atoms with Gasteiger partial charge in [-0.15, -0.1) is 0 Å². The minimum atomic E-state index is -0.579. The normalized spacial score (nSPS) is 12.1. The summed E-state index contributed by atoms with van der Waals surface area (Å²) < 4.78 is 22.0. The van der Waals surface area contributed by atoms with E-state index in [2.05, 4.69) is 31.0 Å². The summed E-state index contributed by atoms with van der Waals surface area (Å²) in [5.74, 6) is -1.14. The molecule has 4 nitrogen and oxygen atoms in total. The molecule has 0 unspecified atom stereocenters. The molecule has 0 saturated heterocycles. The van der Waals surface area contributed by atoms with Gasteiger partial charge in [0.25, 0.3) is 5.91 Å². The number of halogens is 1. The van der Waals surface area contributed by atoms with Crippen molar-refractivity contribution < 1.29 is 13.9 Å². The third-order valence-corrected chi connectivity index (χ3v) is 5.16.